The molecule has 4 aromatic rings. The van der Waals surface area contributed by atoms with Gasteiger partial charge in [0.05, 0.1) is 12.8 Å². The fourth-order valence-corrected chi connectivity index (χ4v) is 4.44. The Labute approximate surface area is 223 Å². The SMILES string of the molecule is CC/C(=C(/c1ccc(OCCCC/C=C/C(=O)N(C)C)cc1)c1cc(F)c2[nH]ncc2c1)c1ccccc1. The summed E-state index contributed by atoms with van der Waals surface area (Å²) in [5, 5.41) is 7.50. The summed E-state index contributed by atoms with van der Waals surface area (Å²) in [6.07, 6.45) is 8.64. The maximum atomic E-state index is 15.0. The second-order valence-corrected chi connectivity index (χ2v) is 9.37. The molecule has 0 spiro atoms. The highest BCUT2D eigenvalue weighted by atomic mass is 19.1. The van der Waals surface area contributed by atoms with E-state index in [0.29, 0.717) is 12.1 Å². The number of aromatic nitrogens is 2. The van der Waals surface area contributed by atoms with Crippen LogP contribution in [0.3, 0.4) is 0 Å². The molecule has 0 fully saturated rings. The van der Waals surface area contributed by atoms with Gasteiger partial charge in [-0.15, -0.1) is 0 Å². The van der Waals surface area contributed by atoms with Gasteiger partial charge in [0.1, 0.15) is 17.1 Å². The molecule has 0 saturated heterocycles. The van der Waals surface area contributed by atoms with E-state index in [0.717, 1.165) is 64.7 Å². The standard InChI is InChI=1S/C32H34FN3O2/c1-4-28(23-12-8-7-9-13-23)31(25-20-26-22-34-35-32(26)29(33)21-25)24-15-17-27(18-16-24)38-19-11-6-5-10-14-30(37)36(2)3/h7-10,12-18,20-22H,4-6,11,19H2,1-3H3,(H,34,35)/b14-10+,31-28+. The molecular formula is C32H34FN3O2. The second-order valence-electron chi connectivity index (χ2n) is 9.37. The Bertz CT molecular complexity index is 1420. The van der Waals surface area contributed by atoms with Crippen LogP contribution in [0.15, 0.2) is 85.1 Å². The van der Waals surface area contributed by atoms with Crippen molar-refractivity contribution in [1.82, 2.24) is 15.1 Å². The molecule has 4 rings (SSSR count). The summed E-state index contributed by atoms with van der Waals surface area (Å²) < 4.78 is 20.9. The van der Waals surface area contributed by atoms with E-state index < -0.39 is 0 Å². The number of carbonyl (C=O) groups is 1. The Morgan fingerprint density at radius 1 is 1.00 bits per heavy atom. The van der Waals surface area contributed by atoms with E-state index in [2.05, 4.69) is 29.3 Å². The topological polar surface area (TPSA) is 58.2 Å². The lowest BCUT2D eigenvalue weighted by atomic mass is 9.88. The molecule has 1 aromatic heterocycles. The number of allylic oxidation sites excluding steroid dienone is 2. The van der Waals surface area contributed by atoms with Crippen molar-refractivity contribution in [3.63, 3.8) is 0 Å². The van der Waals surface area contributed by atoms with Gasteiger partial charge in [-0.3, -0.25) is 9.89 Å². The minimum atomic E-state index is -0.322. The van der Waals surface area contributed by atoms with E-state index in [-0.39, 0.29) is 11.7 Å². The van der Waals surface area contributed by atoms with Crippen LogP contribution >= 0.6 is 0 Å². The molecule has 0 atom stereocenters. The minimum Gasteiger partial charge on any atom is -0.494 e. The summed E-state index contributed by atoms with van der Waals surface area (Å²) in [7, 11) is 3.48. The molecule has 0 aliphatic carbocycles. The first kappa shape index (κ1) is 26.9. The maximum Gasteiger partial charge on any atom is 0.245 e. The van der Waals surface area contributed by atoms with Crippen LogP contribution in [0.2, 0.25) is 0 Å². The third kappa shape index (κ3) is 6.57. The van der Waals surface area contributed by atoms with Crippen LogP contribution in [0.5, 0.6) is 5.75 Å². The number of nitrogens with zero attached hydrogens (tertiary/aromatic N) is 2. The summed E-state index contributed by atoms with van der Waals surface area (Å²) in [6, 6.07) is 21.8. The first-order valence-electron chi connectivity index (χ1n) is 13.0. The molecule has 0 aliphatic rings. The van der Waals surface area contributed by atoms with E-state index >= 15 is 0 Å². The number of benzene rings is 3. The Morgan fingerprint density at radius 3 is 2.47 bits per heavy atom. The van der Waals surface area contributed by atoms with Crippen molar-refractivity contribution >= 4 is 28.0 Å². The van der Waals surface area contributed by atoms with E-state index in [4.69, 9.17) is 4.74 Å². The molecule has 0 aliphatic heterocycles. The first-order chi connectivity index (χ1) is 18.5. The van der Waals surface area contributed by atoms with Crippen molar-refractivity contribution in [2.45, 2.75) is 32.6 Å². The molecule has 3 aromatic carbocycles. The quantitative estimate of drug-likeness (QED) is 0.131. The molecule has 5 nitrogen and oxygen atoms in total. The predicted molar refractivity (Wildman–Crippen MR) is 152 cm³/mol. The number of rotatable bonds is 11. The summed E-state index contributed by atoms with van der Waals surface area (Å²) in [5.74, 6) is 0.471. The molecule has 0 bridgehead atoms. The van der Waals surface area contributed by atoms with E-state index in [9.17, 15) is 9.18 Å². The first-order valence-corrected chi connectivity index (χ1v) is 13.0. The highest BCUT2D eigenvalue weighted by Crippen LogP contribution is 2.36. The average molecular weight is 512 g/mol. The van der Waals surface area contributed by atoms with Gasteiger partial charge < -0.3 is 9.64 Å². The number of nitrogens with one attached hydrogen (secondary N) is 1. The third-order valence-electron chi connectivity index (χ3n) is 6.45. The van der Waals surface area contributed by atoms with Crippen molar-refractivity contribution in [2.75, 3.05) is 20.7 Å². The zero-order valence-electron chi connectivity index (χ0n) is 22.2. The molecule has 0 saturated carbocycles. The molecule has 0 unspecified atom stereocenters. The van der Waals surface area contributed by atoms with Gasteiger partial charge in [-0.1, -0.05) is 55.5 Å². The van der Waals surface area contributed by atoms with Crippen molar-refractivity contribution < 1.29 is 13.9 Å². The van der Waals surface area contributed by atoms with Crippen LogP contribution in [0, 0.1) is 5.82 Å². The molecule has 1 N–H and O–H groups in total. The van der Waals surface area contributed by atoms with E-state index in [1.54, 1.807) is 37.3 Å². The Balaban J connectivity index is 1.53. The Kier molecular flexibility index (Phi) is 9.09. The molecule has 6 heteroatoms. The van der Waals surface area contributed by atoms with E-state index in [1.165, 1.54) is 0 Å². The monoisotopic (exact) mass is 511 g/mol. The van der Waals surface area contributed by atoms with Crippen LogP contribution in [0.4, 0.5) is 4.39 Å². The maximum absolute atomic E-state index is 15.0. The number of carbonyl (C=O) groups excluding carboxylic acids is 1. The fourth-order valence-electron chi connectivity index (χ4n) is 4.44. The third-order valence-corrected chi connectivity index (χ3v) is 6.45. The van der Waals surface area contributed by atoms with Gasteiger partial charge in [-0.25, -0.2) is 4.39 Å². The summed E-state index contributed by atoms with van der Waals surface area (Å²) in [5.41, 5.74) is 5.46. The average Bonchev–Trinajstić information content (AvgIpc) is 3.41. The second kappa shape index (κ2) is 12.9. The van der Waals surface area contributed by atoms with Gasteiger partial charge in [-0.05, 0) is 83.9 Å². The number of halogens is 1. The van der Waals surface area contributed by atoms with Crippen molar-refractivity contribution in [1.29, 1.82) is 0 Å². The van der Waals surface area contributed by atoms with Crippen LogP contribution in [-0.4, -0.2) is 41.7 Å². The van der Waals surface area contributed by atoms with Crippen LogP contribution in [0.1, 0.15) is 49.3 Å². The van der Waals surface area contributed by atoms with Crippen molar-refractivity contribution in [2.24, 2.45) is 0 Å². The fraction of sp³-hybridized carbons (Fsp3) is 0.250. The predicted octanol–water partition coefficient (Wildman–Crippen LogP) is 7.26. The molecular weight excluding hydrogens is 477 g/mol. The molecule has 0 radical (unpaired) electrons. The highest BCUT2D eigenvalue weighted by molar-refractivity contribution is 6.00. The number of aromatic amines is 1. The number of likely N-dealkylation sites (N-methyl/N-ethyl adjacent to an activating group) is 1. The summed E-state index contributed by atoms with van der Waals surface area (Å²) in [4.78, 5) is 13.1. The number of hydrogen-bond donors (Lipinski definition) is 1. The van der Waals surface area contributed by atoms with Gasteiger partial charge in [0.15, 0.2) is 0 Å². The van der Waals surface area contributed by atoms with Gasteiger partial charge in [0.2, 0.25) is 5.91 Å². The lowest BCUT2D eigenvalue weighted by Crippen LogP contribution is -2.18. The molecule has 38 heavy (non-hydrogen) atoms. The smallest absolute Gasteiger partial charge is 0.245 e. The molecule has 196 valence electrons. The summed E-state index contributed by atoms with van der Waals surface area (Å²) >= 11 is 0. The highest BCUT2D eigenvalue weighted by Gasteiger charge is 2.16. The van der Waals surface area contributed by atoms with Crippen molar-refractivity contribution in [3.05, 3.63) is 108 Å². The number of unbranched alkanes of at least 4 members (excludes halogenated alkanes) is 2. The summed E-state index contributed by atoms with van der Waals surface area (Å²) in [6.45, 7) is 2.72. The van der Waals surface area contributed by atoms with E-state index in [1.807, 2.05) is 54.6 Å². The van der Waals surface area contributed by atoms with Crippen LogP contribution < -0.4 is 4.74 Å². The zero-order chi connectivity index (χ0) is 26.9. The van der Waals surface area contributed by atoms with Crippen LogP contribution in [-0.2, 0) is 4.79 Å². The van der Waals surface area contributed by atoms with Gasteiger partial charge in [0, 0.05) is 19.5 Å². The Morgan fingerprint density at radius 2 is 1.76 bits per heavy atom. The number of fused-ring (bicyclic) bond motifs is 1. The van der Waals surface area contributed by atoms with Gasteiger partial charge >= 0.3 is 0 Å². The molecule has 1 amide bonds. The number of hydrogen-bond acceptors (Lipinski definition) is 3. The minimum absolute atomic E-state index is 0.000628. The lowest BCUT2D eigenvalue weighted by molar-refractivity contribution is -0.123. The number of amides is 1. The molecule has 1 heterocycles. The number of H-pyrrole nitrogens is 1. The zero-order valence-corrected chi connectivity index (χ0v) is 22.2. The van der Waals surface area contributed by atoms with Crippen LogP contribution in [0.25, 0.3) is 22.0 Å². The van der Waals surface area contributed by atoms with Gasteiger partial charge in [-0.2, -0.15) is 5.10 Å². The Hall–Kier alpha value is -4.19. The normalized spacial score (nSPS) is 12.1. The number of ether oxygens (including phenoxy) is 1. The lowest BCUT2D eigenvalue weighted by Gasteiger charge is -2.17. The van der Waals surface area contributed by atoms with Gasteiger partial charge in [0.25, 0.3) is 0 Å². The van der Waals surface area contributed by atoms with Crippen molar-refractivity contribution in [3.8, 4) is 5.75 Å². The largest absolute Gasteiger partial charge is 0.494 e.